The minimum Gasteiger partial charge on any atom is -0.267 e. The van der Waals surface area contributed by atoms with Crippen molar-refractivity contribution in [3.8, 4) is 0 Å². The van der Waals surface area contributed by atoms with E-state index in [1.165, 1.54) is 16.1 Å². The van der Waals surface area contributed by atoms with Crippen LogP contribution in [0.4, 0.5) is 19.0 Å². The molecule has 146 valence electrons. The summed E-state index contributed by atoms with van der Waals surface area (Å²) in [6.45, 7) is 0. The van der Waals surface area contributed by atoms with E-state index < -0.39 is 17.6 Å². The molecular formula is C22H16F3N3O. The van der Waals surface area contributed by atoms with Crippen molar-refractivity contribution in [1.82, 2.24) is 9.99 Å². The Balaban J connectivity index is 1.87. The quantitative estimate of drug-likeness (QED) is 0.619. The first-order chi connectivity index (χ1) is 13.9. The number of carbonyl (C=O) groups is 1. The van der Waals surface area contributed by atoms with Crippen LogP contribution in [0.3, 0.4) is 0 Å². The van der Waals surface area contributed by atoms with Crippen LogP contribution in [0.1, 0.15) is 27.0 Å². The van der Waals surface area contributed by atoms with E-state index in [-0.39, 0.29) is 5.56 Å². The first-order valence-corrected chi connectivity index (χ1v) is 8.84. The van der Waals surface area contributed by atoms with E-state index >= 15 is 0 Å². The summed E-state index contributed by atoms with van der Waals surface area (Å²) in [5, 5.41) is 2.88. The zero-order valence-corrected chi connectivity index (χ0v) is 15.4. The summed E-state index contributed by atoms with van der Waals surface area (Å²) in [4.78, 5) is 17.4. The third kappa shape index (κ3) is 3.47. The molecule has 1 aliphatic rings. The Morgan fingerprint density at radius 1 is 0.966 bits per heavy atom. The fourth-order valence-corrected chi connectivity index (χ4v) is 3.25. The number of hydrogen-bond acceptors (Lipinski definition) is 3. The Bertz CT molecular complexity index is 1080. The van der Waals surface area contributed by atoms with E-state index in [4.69, 9.17) is 0 Å². The van der Waals surface area contributed by atoms with Gasteiger partial charge in [-0.1, -0.05) is 42.5 Å². The van der Waals surface area contributed by atoms with Crippen molar-refractivity contribution < 1.29 is 18.0 Å². The Kier molecular flexibility index (Phi) is 4.58. The fourth-order valence-electron chi connectivity index (χ4n) is 3.25. The summed E-state index contributed by atoms with van der Waals surface area (Å²) in [6.07, 6.45) is -1.17. The van der Waals surface area contributed by atoms with Crippen LogP contribution in [0.2, 0.25) is 0 Å². The molecular weight excluding hydrogens is 379 g/mol. The molecule has 4 rings (SSSR count). The van der Waals surface area contributed by atoms with E-state index in [0.717, 1.165) is 17.7 Å². The molecule has 1 amide bonds. The predicted molar refractivity (Wildman–Crippen MR) is 105 cm³/mol. The smallest absolute Gasteiger partial charge is 0.267 e. The van der Waals surface area contributed by atoms with Gasteiger partial charge in [0.15, 0.2) is 0 Å². The number of benzene rings is 2. The van der Waals surface area contributed by atoms with Gasteiger partial charge in [-0.05, 0) is 35.9 Å². The molecule has 0 spiro atoms. The van der Waals surface area contributed by atoms with Crippen LogP contribution in [-0.2, 0) is 6.18 Å². The Morgan fingerprint density at radius 2 is 1.69 bits per heavy atom. The normalized spacial score (nSPS) is 15.0. The van der Waals surface area contributed by atoms with E-state index in [9.17, 15) is 18.0 Å². The molecule has 2 heterocycles. The maximum absolute atomic E-state index is 13.2. The number of hydrazine groups is 1. The molecule has 1 aliphatic heterocycles. The van der Waals surface area contributed by atoms with Gasteiger partial charge in [0.05, 0.1) is 16.8 Å². The molecule has 0 radical (unpaired) electrons. The molecule has 0 saturated heterocycles. The van der Waals surface area contributed by atoms with E-state index in [1.807, 2.05) is 30.3 Å². The number of halogens is 3. The first-order valence-electron chi connectivity index (χ1n) is 8.84. The number of anilines is 1. The van der Waals surface area contributed by atoms with Crippen LogP contribution in [-0.4, -0.2) is 22.9 Å². The molecule has 0 fully saturated rings. The van der Waals surface area contributed by atoms with E-state index in [2.05, 4.69) is 4.98 Å². The largest absolute Gasteiger partial charge is 0.416 e. The third-order valence-corrected chi connectivity index (χ3v) is 4.66. The van der Waals surface area contributed by atoms with Crippen LogP contribution >= 0.6 is 0 Å². The summed E-state index contributed by atoms with van der Waals surface area (Å²) in [5.41, 5.74) is 0.894. The van der Waals surface area contributed by atoms with Crippen molar-refractivity contribution in [2.75, 3.05) is 12.1 Å². The van der Waals surface area contributed by atoms with Crippen molar-refractivity contribution in [2.45, 2.75) is 6.18 Å². The molecule has 7 heteroatoms. The molecule has 0 aliphatic carbocycles. The molecule has 29 heavy (non-hydrogen) atoms. The van der Waals surface area contributed by atoms with Crippen LogP contribution in [0, 0.1) is 0 Å². The van der Waals surface area contributed by atoms with Gasteiger partial charge in [0.25, 0.3) is 5.91 Å². The van der Waals surface area contributed by atoms with Gasteiger partial charge in [-0.15, -0.1) is 0 Å². The van der Waals surface area contributed by atoms with Gasteiger partial charge in [0, 0.05) is 18.8 Å². The molecule has 0 N–H and O–H groups in total. The SMILES string of the molecule is CN(c1ccccn1)N1C(=O)c2cc(C(F)(F)F)ccc2C1=Cc1ccccc1. The number of nitrogens with zero attached hydrogens (tertiary/aromatic N) is 3. The summed E-state index contributed by atoms with van der Waals surface area (Å²) in [7, 11) is 1.65. The number of carbonyl (C=O) groups excluding carboxylic acids is 1. The van der Waals surface area contributed by atoms with Gasteiger partial charge >= 0.3 is 6.18 Å². The van der Waals surface area contributed by atoms with Gasteiger partial charge in [-0.2, -0.15) is 13.2 Å². The lowest BCUT2D eigenvalue weighted by atomic mass is 10.0. The maximum atomic E-state index is 13.2. The number of aromatic nitrogens is 1. The highest BCUT2D eigenvalue weighted by Crippen LogP contribution is 2.39. The fraction of sp³-hybridized carbons (Fsp3) is 0.0909. The molecule has 0 atom stereocenters. The minimum atomic E-state index is -4.53. The lowest BCUT2D eigenvalue weighted by molar-refractivity contribution is -0.137. The number of hydrogen-bond donors (Lipinski definition) is 0. The monoisotopic (exact) mass is 395 g/mol. The Hall–Kier alpha value is -3.61. The number of amides is 1. The second-order valence-electron chi connectivity index (χ2n) is 6.53. The van der Waals surface area contributed by atoms with Crippen molar-refractivity contribution in [1.29, 1.82) is 0 Å². The summed E-state index contributed by atoms with van der Waals surface area (Å²) in [6, 6.07) is 17.8. The van der Waals surface area contributed by atoms with Crippen molar-refractivity contribution >= 4 is 23.5 Å². The standard InChI is InChI=1S/C22H16F3N3O/c1-27(20-9-5-6-12-26-20)28-19(13-15-7-3-2-4-8-15)17-11-10-16(22(23,24)25)14-18(17)21(28)29/h2-14H,1H3. The summed E-state index contributed by atoms with van der Waals surface area (Å²) >= 11 is 0. The lowest BCUT2D eigenvalue weighted by Gasteiger charge is -2.30. The average molecular weight is 395 g/mol. The van der Waals surface area contributed by atoms with Gasteiger partial charge in [0.2, 0.25) is 0 Å². The average Bonchev–Trinajstić information content (AvgIpc) is 2.99. The molecule has 0 bridgehead atoms. The lowest BCUT2D eigenvalue weighted by Crippen LogP contribution is -2.39. The topological polar surface area (TPSA) is 36.4 Å². The van der Waals surface area contributed by atoms with Crippen molar-refractivity contribution in [2.24, 2.45) is 0 Å². The zero-order valence-electron chi connectivity index (χ0n) is 15.4. The van der Waals surface area contributed by atoms with Gasteiger partial charge in [-0.25, -0.2) is 9.99 Å². The van der Waals surface area contributed by atoms with Crippen molar-refractivity contribution in [3.05, 3.63) is 95.2 Å². The maximum Gasteiger partial charge on any atom is 0.416 e. The Morgan fingerprint density at radius 3 is 2.34 bits per heavy atom. The number of alkyl halides is 3. The van der Waals surface area contributed by atoms with Gasteiger partial charge < -0.3 is 0 Å². The molecule has 3 aromatic rings. The van der Waals surface area contributed by atoms with E-state index in [1.54, 1.807) is 37.5 Å². The van der Waals surface area contributed by atoms with Gasteiger partial charge in [-0.3, -0.25) is 9.80 Å². The second kappa shape index (κ2) is 7.09. The highest BCUT2D eigenvalue weighted by molar-refractivity contribution is 6.12. The van der Waals surface area contributed by atoms with Crippen LogP contribution in [0.5, 0.6) is 0 Å². The van der Waals surface area contributed by atoms with E-state index in [0.29, 0.717) is 17.1 Å². The summed E-state index contributed by atoms with van der Waals surface area (Å²) in [5.74, 6) is -0.0508. The third-order valence-electron chi connectivity index (χ3n) is 4.66. The molecule has 4 nitrogen and oxygen atoms in total. The first kappa shape index (κ1) is 18.7. The van der Waals surface area contributed by atoms with Gasteiger partial charge in [0.1, 0.15) is 5.82 Å². The Labute approximate surface area is 165 Å². The number of fused-ring (bicyclic) bond motifs is 1. The van der Waals surface area contributed by atoms with Crippen LogP contribution < -0.4 is 5.01 Å². The highest BCUT2D eigenvalue weighted by Gasteiger charge is 2.39. The molecule has 0 unspecified atom stereocenters. The zero-order chi connectivity index (χ0) is 20.6. The predicted octanol–water partition coefficient (Wildman–Crippen LogP) is 5.11. The number of rotatable bonds is 3. The molecule has 0 saturated carbocycles. The minimum absolute atomic E-state index is 0.00443. The summed E-state index contributed by atoms with van der Waals surface area (Å²) < 4.78 is 39.6. The van der Waals surface area contributed by atoms with Crippen molar-refractivity contribution in [3.63, 3.8) is 0 Å². The molecule has 1 aromatic heterocycles. The number of pyridine rings is 1. The highest BCUT2D eigenvalue weighted by atomic mass is 19.4. The second-order valence-corrected chi connectivity index (χ2v) is 6.53. The molecule has 2 aromatic carbocycles. The van der Waals surface area contributed by atoms with Crippen LogP contribution in [0.25, 0.3) is 11.8 Å². The van der Waals surface area contributed by atoms with Crippen LogP contribution in [0.15, 0.2) is 72.9 Å².